The third-order valence-corrected chi connectivity index (χ3v) is 7.24. The Bertz CT molecular complexity index is 2040. The van der Waals surface area contributed by atoms with E-state index in [4.69, 9.17) is 9.97 Å². The summed E-state index contributed by atoms with van der Waals surface area (Å²) in [4.78, 5) is 18.9. The Balaban J connectivity index is 1.22. The first-order chi connectivity index (χ1) is 18.8. The minimum absolute atomic E-state index is 0.883. The maximum absolute atomic E-state index is 4.83. The molecule has 0 bridgehead atoms. The third kappa shape index (κ3) is 3.46. The van der Waals surface area contributed by atoms with Crippen LogP contribution >= 0.6 is 0 Å². The van der Waals surface area contributed by atoms with E-state index in [9.17, 15) is 0 Å². The fraction of sp³-hybridized carbons (Fsp3) is 0. The summed E-state index contributed by atoms with van der Waals surface area (Å²) >= 11 is 0. The van der Waals surface area contributed by atoms with Gasteiger partial charge in [-0.1, -0.05) is 48.5 Å². The highest BCUT2D eigenvalue weighted by Gasteiger charge is 2.08. The van der Waals surface area contributed by atoms with Gasteiger partial charge in [-0.15, -0.1) is 0 Å². The van der Waals surface area contributed by atoms with Gasteiger partial charge >= 0.3 is 0 Å². The van der Waals surface area contributed by atoms with Crippen LogP contribution in [0.1, 0.15) is 0 Å². The van der Waals surface area contributed by atoms with Crippen molar-refractivity contribution in [3.05, 3.63) is 122 Å². The Kier molecular flexibility index (Phi) is 4.49. The van der Waals surface area contributed by atoms with E-state index in [0.29, 0.717) is 0 Å². The van der Waals surface area contributed by atoms with Gasteiger partial charge in [0.25, 0.3) is 0 Å². The van der Waals surface area contributed by atoms with Crippen LogP contribution in [0.4, 0.5) is 0 Å². The van der Waals surface area contributed by atoms with Crippen LogP contribution in [0, 0.1) is 0 Å². The van der Waals surface area contributed by atoms with Crippen LogP contribution in [0.2, 0.25) is 0 Å². The van der Waals surface area contributed by atoms with E-state index in [1.54, 1.807) is 0 Å². The molecular formula is C34H20N4. The molecule has 38 heavy (non-hydrogen) atoms. The lowest BCUT2D eigenvalue weighted by atomic mass is 9.97. The second kappa shape index (κ2) is 8.15. The van der Waals surface area contributed by atoms with Crippen LogP contribution in [-0.2, 0) is 0 Å². The van der Waals surface area contributed by atoms with Gasteiger partial charge in [-0.2, -0.15) is 0 Å². The van der Waals surface area contributed by atoms with E-state index in [-0.39, 0.29) is 0 Å². The number of hydrogen-bond acceptors (Lipinski definition) is 4. The number of fused-ring (bicyclic) bond motifs is 5. The van der Waals surface area contributed by atoms with Crippen molar-refractivity contribution in [2.45, 2.75) is 0 Å². The Morgan fingerprint density at radius 3 is 1.21 bits per heavy atom. The summed E-state index contributed by atoms with van der Waals surface area (Å²) < 4.78 is 0. The van der Waals surface area contributed by atoms with Gasteiger partial charge in [-0.25, -0.2) is 9.97 Å². The molecule has 6 aromatic carbocycles. The second-order valence-corrected chi connectivity index (χ2v) is 9.66. The minimum atomic E-state index is 0.883. The predicted octanol–water partition coefficient (Wildman–Crippen LogP) is 8.37. The highest BCUT2D eigenvalue weighted by Crippen LogP contribution is 2.32. The topological polar surface area (TPSA) is 51.6 Å². The number of nitrogens with zero attached hydrogens (tertiary/aromatic N) is 4. The quantitative estimate of drug-likeness (QED) is 0.231. The van der Waals surface area contributed by atoms with E-state index in [1.807, 2.05) is 60.9 Å². The number of rotatable bonds is 2. The van der Waals surface area contributed by atoms with Gasteiger partial charge in [-0.3, -0.25) is 9.97 Å². The van der Waals surface area contributed by atoms with Crippen LogP contribution in [-0.4, -0.2) is 19.9 Å². The van der Waals surface area contributed by atoms with E-state index in [2.05, 4.69) is 70.6 Å². The molecule has 8 aromatic rings. The molecule has 0 aliphatic carbocycles. The fourth-order valence-corrected chi connectivity index (χ4v) is 5.26. The molecule has 0 N–H and O–H groups in total. The molecule has 0 aliphatic heterocycles. The number of para-hydroxylation sites is 4. The van der Waals surface area contributed by atoms with Crippen molar-refractivity contribution in [3.8, 4) is 22.5 Å². The van der Waals surface area contributed by atoms with Gasteiger partial charge in [0.2, 0.25) is 0 Å². The van der Waals surface area contributed by atoms with Gasteiger partial charge < -0.3 is 0 Å². The van der Waals surface area contributed by atoms with Crippen LogP contribution in [0.5, 0.6) is 0 Å². The number of hydrogen-bond donors (Lipinski definition) is 0. The van der Waals surface area contributed by atoms with Crippen LogP contribution in [0.3, 0.4) is 0 Å². The summed E-state index contributed by atoms with van der Waals surface area (Å²) in [6.07, 6.45) is 3.71. The Morgan fingerprint density at radius 1 is 0.342 bits per heavy atom. The van der Waals surface area contributed by atoms with Crippen molar-refractivity contribution >= 4 is 54.4 Å². The van der Waals surface area contributed by atoms with Crippen molar-refractivity contribution in [1.29, 1.82) is 0 Å². The summed E-state index contributed by atoms with van der Waals surface area (Å²) in [5.41, 5.74) is 7.53. The van der Waals surface area contributed by atoms with E-state index < -0.39 is 0 Å². The Labute approximate surface area is 218 Å². The summed E-state index contributed by atoms with van der Waals surface area (Å²) in [6.45, 7) is 0. The van der Waals surface area contributed by atoms with Crippen LogP contribution in [0.15, 0.2) is 122 Å². The molecule has 0 unspecified atom stereocenters. The smallest absolute Gasteiger partial charge is 0.0894 e. The molecule has 0 radical (unpaired) electrons. The first kappa shape index (κ1) is 20.9. The van der Waals surface area contributed by atoms with Crippen molar-refractivity contribution < 1.29 is 0 Å². The SMILES string of the molecule is c1ccc2nc(-c3ccc4cc5cc6cc(-c7cnc8ccccc8n7)ccc6cc5cc4c3)cnc2c1. The number of benzene rings is 6. The molecular weight excluding hydrogens is 464 g/mol. The van der Waals surface area contributed by atoms with Crippen molar-refractivity contribution in [1.82, 2.24) is 19.9 Å². The van der Waals surface area contributed by atoms with E-state index in [1.165, 1.54) is 32.3 Å². The third-order valence-electron chi connectivity index (χ3n) is 7.24. The van der Waals surface area contributed by atoms with Gasteiger partial charge in [0, 0.05) is 11.1 Å². The molecule has 2 heterocycles. The number of aromatic nitrogens is 4. The zero-order valence-electron chi connectivity index (χ0n) is 20.3. The van der Waals surface area contributed by atoms with Crippen molar-refractivity contribution in [2.75, 3.05) is 0 Å². The Hall–Kier alpha value is -5.22. The van der Waals surface area contributed by atoms with Crippen molar-refractivity contribution in [2.24, 2.45) is 0 Å². The molecule has 0 atom stereocenters. The molecule has 4 nitrogen and oxygen atoms in total. The first-order valence-electron chi connectivity index (χ1n) is 12.6. The maximum Gasteiger partial charge on any atom is 0.0894 e. The highest BCUT2D eigenvalue weighted by molar-refractivity contribution is 6.06. The average molecular weight is 485 g/mol. The van der Waals surface area contributed by atoms with Gasteiger partial charge in [-0.05, 0) is 93.0 Å². The summed E-state index contributed by atoms with van der Waals surface area (Å²) in [6, 6.07) is 38.0. The lowest BCUT2D eigenvalue weighted by Crippen LogP contribution is -1.89. The molecule has 8 rings (SSSR count). The molecule has 4 heteroatoms. The molecule has 0 aliphatic rings. The standard InChI is InChI=1S/C34H20N4/c1-3-7-31-29(5-1)35-19-33(37-31)23-11-9-21-13-28-18-26-16-24(12-10-22(26)14-27(28)17-25(21)15-23)34-20-36-30-6-2-4-8-32(30)38-34/h1-20H. The Morgan fingerprint density at radius 2 is 0.737 bits per heavy atom. The molecule has 176 valence electrons. The first-order valence-corrected chi connectivity index (χ1v) is 12.6. The molecule has 0 spiro atoms. The van der Waals surface area contributed by atoms with E-state index in [0.717, 1.165) is 44.6 Å². The fourth-order valence-electron chi connectivity index (χ4n) is 5.26. The predicted molar refractivity (Wildman–Crippen MR) is 156 cm³/mol. The van der Waals surface area contributed by atoms with Crippen molar-refractivity contribution in [3.63, 3.8) is 0 Å². The van der Waals surface area contributed by atoms with Gasteiger partial charge in [0.1, 0.15) is 0 Å². The molecule has 0 saturated carbocycles. The summed E-state index contributed by atoms with van der Waals surface area (Å²) in [7, 11) is 0. The van der Waals surface area contributed by atoms with E-state index >= 15 is 0 Å². The zero-order chi connectivity index (χ0) is 25.1. The normalized spacial score (nSPS) is 11.7. The zero-order valence-corrected chi connectivity index (χ0v) is 20.3. The lowest BCUT2D eigenvalue weighted by molar-refractivity contribution is 1.29. The highest BCUT2D eigenvalue weighted by atomic mass is 14.8. The summed E-state index contributed by atoms with van der Waals surface area (Å²) in [5, 5.41) is 7.20. The second-order valence-electron chi connectivity index (χ2n) is 9.66. The molecule has 2 aromatic heterocycles. The largest absolute Gasteiger partial charge is 0.252 e. The maximum atomic E-state index is 4.83. The molecule has 0 fully saturated rings. The lowest BCUT2D eigenvalue weighted by Gasteiger charge is -2.09. The molecule has 0 amide bonds. The average Bonchev–Trinajstić information content (AvgIpc) is 2.98. The minimum Gasteiger partial charge on any atom is -0.252 e. The van der Waals surface area contributed by atoms with Crippen LogP contribution in [0.25, 0.3) is 76.9 Å². The monoisotopic (exact) mass is 484 g/mol. The van der Waals surface area contributed by atoms with Gasteiger partial charge in [0.05, 0.1) is 45.8 Å². The molecule has 0 saturated heterocycles. The van der Waals surface area contributed by atoms with Crippen LogP contribution < -0.4 is 0 Å². The summed E-state index contributed by atoms with van der Waals surface area (Å²) in [5.74, 6) is 0. The van der Waals surface area contributed by atoms with Gasteiger partial charge in [0.15, 0.2) is 0 Å².